The van der Waals surface area contributed by atoms with Crippen LogP contribution in [0, 0.1) is 28.6 Å². The first-order valence-corrected chi connectivity index (χ1v) is 16.1. The monoisotopic (exact) mass is 678 g/mol. The van der Waals surface area contributed by atoms with Gasteiger partial charge in [0.2, 0.25) is 5.12 Å². The van der Waals surface area contributed by atoms with Gasteiger partial charge in [0.25, 0.3) is 0 Å². The van der Waals surface area contributed by atoms with Gasteiger partial charge in [-0.3, -0.25) is 19.2 Å². The highest BCUT2D eigenvalue weighted by Crippen LogP contribution is 2.72. The van der Waals surface area contributed by atoms with Crippen molar-refractivity contribution in [2.24, 2.45) is 28.6 Å². The summed E-state index contributed by atoms with van der Waals surface area (Å²) in [6, 6.07) is 0. The van der Waals surface area contributed by atoms with E-state index >= 15 is 8.78 Å². The number of esters is 3. The second-order valence-corrected chi connectivity index (χ2v) is 15.0. The molecule has 0 aliphatic heterocycles. The van der Waals surface area contributed by atoms with Gasteiger partial charge in [-0.15, -0.1) is 0 Å². The summed E-state index contributed by atoms with van der Waals surface area (Å²) in [5, 5.41) is -0.813. The number of hydrogen-bond donors (Lipinski definition) is 0. The Balaban J connectivity index is 1.88. The Labute approximate surface area is 268 Å². The quantitative estimate of drug-likeness (QED) is 0.191. The number of ether oxygens (including phenoxy) is 3. The molecule has 0 bridgehead atoms. The van der Waals surface area contributed by atoms with E-state index in [0.717, 1.165) is 18.2 Å². The van der Waals surface area contributed by atoms with Gasteiger partial charge in [0.15, 0.2) is 17.1 Å². The maximum absolute atomic E-state index is 18.1. The average Bonchev–Trinajstić information content (AvgIpc) is 3.15. The maximum Gasteiger partial charge on any atom is 0.490 e. The first-order chi connectivity index (χ1) is 21.0. The number of alkyl halides is 5. The highest BCUT2D eigenvalue weighted by atomic mass is 32.2. The summed E-state index contributed by atoms with van der Waals surface area (Å²) in [5.41, 5.74) is -9.82. The zero-order valence-electron chi connectivity index (χ0n) is 26.7. The number of carbonyl (C=O) groups is 5. The second kappa shape index (κ2) is 11.7. The Morgan fingerprint density at radius 1 is 1.04 bits per heavy atom. The Morgan fingerprint density at radius 3 is 2.24 bits per heavy atom. The molecule has 0 saturated heterocycles. The number of hydrogen-bond acceptors (Lipinski definition) is 9. The van der Waals surface area contributed by atoms with Crippen LogP contribution in [-0.2, 0) is 38.2 Å². The number of carbonyl (C=O) groups excluding carboxylic acids is 5. The van der Waals surface area contributed by atoms with Gasteiger partial charge in [0, 0.05) is 29.1 Å². The summed E-state index contributed by atoms with van der Waals surface area (Å²) in [6.45, 7) is 10.6. The van der Waals surface area contributed by atoms with Crippen molar-refractivity contribution < 1.29 is 60.1 Å². The summed E-state index contributed by atoms with van der Waals surface area (Å²) in [7, 11) is 0. The Morgan fingerprint density at radius 2 is 1.67 bits per heavy atom. The lowest BCUT2D eigenvalue weighted by atomic mass is 9.44. The largest absolute Gasteiger partial charge is 0.490 e. The fourth-order valence-electron chi connectivity index (χ4n) is 8.36. The third-order valence-electron chi connectivity index (χ3n) is 10.2. The number of ketones is 1. The van der Waals surface area contributed by atoms with Gasteiger partial charge in [-0.25, -0.2) is 13.6 Å². The molecule has 0 radical (unpaired) electrons. The molecule has 0 amide bonds. The van der Waals surface area contributed by atoms with Crippen molar-refractivity contribution in [3.63, 3.8) is 0 Å². The van der Waals surface area contributed by atoms with Gasteiger partial charge in [0.1, 0.15) is 17.9 Å². The van der Waals surface area contributed by atoms with Crippen LogP contribution in [0.3, 0.4) is 0 Å². The minimum Gasteiger partial charge on any atom is -0.459 e. The predicted octanol–water partition coefficient (Wildman–Crippen LogP) is 5.96. The molecule has 0 heterocycles. The lowest BCUT2D eigenvalue weighted by molar-refractivity contribution is -0.252. The van der Waals surface area contributed by atoms with Gasteiger partial charge in [-0.1, -0.05) is 38.6 Å². The van der Waals surface area contributed by atoms with Crippen LogP contribution >= 0.6 is 11.8 Å². The molecule has 256 valence electrons. The normalized spacial score (nSPS) is 38.6. The molecule has 0 aromatic carbocycles. The highest BCUT2D eigenvalue weighted by molar-refractivity contribution is 8.14. The molecular weight excluding hydrogens is 639 g/mol. The standard InChI is InChI=1S/C32H39F5O8S/c1-8-23(39)45-31(26(42)46-15-24(40)44-27(3,4)5)16(2)11-18-19-13-21(33)20-12-17(38)9-10-28(20,6)30(19,34)22(14-29(18,31)7)43-25(41)32(35,36)37/h9-10,12,16,18-19,21-22H,8,11,13-15H2,1-7H3/t16-,18?,19?,21+,22+,28+,29+,30+,31+/m1/s1. The molecule has 4 aliphatic carbocycles. The topological polar surface area (TPSA) is 113 Å². The van der Waals surface area contributed by atoms with E-state index in [-0.39, 0.29) is 18.4 Å². The molecule has 0 N–H and O–H groups in total. The summed E-state index contributed by atoms with van der Waals surface area (Å²) in [5.74, 6) is -8.67. The van der Waals surface area contributed by atoms with Crippen LogP contribution < -0.4 is 0 Å². The van der Waals surface area contributed by atoms with Gasteiger partial charge in [-0.2, -0.15) is 13.2 Å². The smallest absolute Gasteiger partial charge is 0.459 e. The van der Waals surface area contributed by atoms with Crippen LogP contribution in [0.25, 0.3) is 0 Å². The van der Waals surface area contributed by atoms with Crippen molar-refractivity contribution in [3.8, 4) is 0 Å². The average molecular weight is 679 g/mol. The number of fused-ring (bicyclic) bond motifs is 5. The molecule has 8 nitrogen and oxygen atoms in total. The van der Waals surface area contributed by atoms with Crippen LogP contribution in [0.15, 0.2) is 23.8 Å². The summed E-state index contributed by atoms with van der Waals surface area (Å²) in [6.07, 6.45) is -8.12. The molecule has 9 atom stereocenters. The van der Waals surface area contributed by atoms with Gasteiger partial charge < -0.3 is 14.2 Å². The number of halogens is 5. The number of thioether (sulfide) groups is 1. The van der Waals surface area contributed by atoms with Gasteiger partial charge in [-0.05, 0) is 70.6 Å². The Bertz CT molecular complexity index is 1390. The third-order valence-corrected chi connectivity index (χ3v) is 11.2. The van der Waals surface area contributed by atoms with E-state index in [0.29, 0.717) is 11.8 Å². The van der Waals surface area contributed by atoms with Crippen molar-refractivity contribution in [1.82, 2.24) is 0 Å². The van der Waals surface area contributed by atoms with Crippen LogP contribution in [0.4, 0.5) is 22.0 Å². The van der Waals surface area contributed by atoms with Crippen molar-refractivity contribution in [3.05, 3.63) is 23.8 Å². The number of allylic oxidation sites excluding steroid dienone is 4. The summed E-state index contributed by atoms with van der Waals surface area (Å²) in [4.78, 5) is 64.2. The Kier molecular flexibility index (Phi) is 9.20. The van der Waals surface area contributed by atoms with Crippen LogP contribution in [0.1, 0.15) is 74.1 Å². The summed E-state index contributed by atoms with van der Waals surface area (Å²) < 4.78 is 91.1. The molecule has 3 fully saturated rings. The maximum atomic E-state index is 18.1. The van der Waals surface area contributed by atoms with E-state index in [9.17, 15) is 37.1 Å². The second-order valence-electron chi connectivity index (χ2n) is 14.1. The lowest BCUT2D eigenvalue weighted by Gasteiger charge is -2.63. The fraction of sp³-hybridized carbons (Fsp3) is 0.719. The van der Waals surface area contributed by atoms with Crippen LogP contribution in [0.5, 0.6) is 0 Å². The molecule has 46 heavy (non-hydrogen) atoms. The van der Waals surface area contributed by atoms with Crippen LogP contribution in [0.2, 0.25) is 0 Å². The van der Waals surface area contributed by atoms with E-state index < -0.39 is 111 Å². The van der Waals surface area contributed by atoms with Crippen molar-refractivity contribution >= 4 is 40.6 Å². The molecule has 0 spiro atoms. The fourth-order valence-corrected chi connectivity index (χ4v) is 9.36. The van der Waals surface area contributed by atoms with Crippen molar-refractivity contribution in [2.45, 2.75) is 109 Å². The highest BCUT2D eigenvalue weighted by Gasteiger charge is 2.79. The van der Waals surface area contributed by atoms with Crippen molar-refractivity contribution in [2.75, 3.05) is 5.75 Å². The lowest BCUT2D eigenvalue weighted by Crippen LogP contribution is -2.71. The van der Waals surface area contributed by atoms with E-state index in [1.807, 2.05) is 0 Å². The SMILES string of the molecule is CCC(=O)O[C@]1(C(=O)SCC(=O)OC(C)(C)C)[C@H](C)CC2C3C[C@H](F)C4=CC(=O)C=C[C@]4(C)[C@@]3(F)[C@@H](OC(=O)C(F)(F)F)C[C@@]21C. The van der Waals surface area contributed by atoms with E-state index in [1.54, 1.807) is 27.7 Å². The molecule has 4 rings (SSSR count). The molecule has 4 aliphatic rings. The zero-order valence-corrected chi connectivity index (χ0v) is 27.5. The predicted molar refractivity (Wildman–Crippen MR) is 156 cm³/mol. The van der Waals surface area contributed by atoms with Crippen molar-refractivity contribution in [1.29, 1.82) is 0 Å². The first kappa shape index (κ1) is 36.1. The van der Waals surface area contributed by atoms with E-state index in [2.05, 4.69) is 0 Å². The molecular formula is C32H39F5O8S. The minimum absolute atomic E-state index is 0.00695. The molecule has 0 aromatic heterocycles. The zero-order chi connectivity index (χ0) is 34.8. The van der Waals surface area contributed by atoms with Crippen LogP contribution in [-0.4, -0.2) is 69.9 Å². The van der Waals surface area contributed by atoms with Gasteiger partial charge >= 0.3 is 24.1 Å². The molecule has 14 heteroatoms. The Hall–Kier alpha value is -2.77. The molecule has 0 aromatic rings. The minimum atomic E-state index is -5.52. The van der Waals surface area contributed by atoms with E-state index in [1.165, 1.54) is 20.8 Å². The molecule has 2 unspecified atom stereocenters. The third kappa shape index (κ3) is 5.59. The molecule has 3 saturated carbocycles. The van der Waals surface area contributed by atoms with E-state index in [4.69, 9.17) is 14.2 Å². The number of rotatable bonds is 6. The van der Waals surface area contributed by atoms with Gasteiger partial charge in [0.05, 0.1) is 5.75 Å². The summed E-state index contributed by atoms with van der Waals surface area (Å²) >= 11 is 0.494. The first-order valence-electron chi connectivity index (χ1n) is 15.1.